The van der Waals surface area contributed by atoms with E-state index >= 15 is 0 Å². The third-order valence-corrected chi connectivity index (χ3v) is 2.77. The van der Waals surface area contributed by atoms with E-state index in [9.17, 15) is 0 Å². The van der Waals surface area contributed by atoms with Crippen LogP contribution in [-0.4, -0.2) is 26.4 Å². The molecule has 0 aliphatic heterocycles. The van der Waals surface area contributed by atoms with Crippen LogP contribution < -0.4 is 5.32 Å². The summed E-state index contributed by atoms with van der Waals surface area (Å²) in [5.41, 5.74) is 3.73. The zero-order valence-corrected chi connectivity index (χ0v) is 10.3. The highest BCUT2D eigenvalue weighted by Gasteiger charge is 2.07. The molecule has 0 unspecified atom stereocenters. The van der Waals surface area contributed by atoms with Crippen molar-refractivity contribution in [2.45, 2.75) is 6.92 Å². The maximum absolute atomic E-state index is 4.48. The fourth-order valence-corrected chi connectivity index (χ4v) is 1.97. The predicted molar refractivity (Wildman–Crippen MR) is 70.5 cm³/mol. The second-order valence-electron chi connectivity index (χ2n) is 4.03. The number of hydrogen-bond donors (Lipinski definition) is 1. The van der Waals surface area contributed by atoms with Crippen LogP contribution in [0.1, 0.15) is 5.69 Å². The normalized spacial score (nSPS) is 10.8. The van der Waals surface area contributed by atoms with Crippen molar-refractivity contribution in [2.75, 3.05) is 12.4 Å². The van der Waals surface area contributed by atoms with E-state index in [0.29, 0.717) is 5.95 Å². The predicted octanol–water partition coefficient (Wildman–Crippen LogP) is 2.14. The van der Waals surface area contributed by atoms with Gasteiger partial charge in [0.2, 0.25) is 5.95 Å². The van der Waals surface area contributed by atoms with Crippen LogP contribution in [0.15, 0.2) is 36.7 Å². The molecule has 0 amide bonds. The SMILES string of the molecule is CNc1nc(C)cc(-c2cccc3nccn23)n1. The molecule has 0 fully saturated rings. The molecular formula is C13H13N5. The lowest BCUT2D eigenvalue weighted by Gasteiger charge is -2.07. The summed E-state index contributed by atoms with van der Waals surface area (Å²) in [6.45, 7) is 1.96. The molecule has 3 aromatic heterocycles. The van der Waals surface area contributed by atoms with Crippen LogP contribution in [0.5, 0.6) is 0 Å². The lowest BCUT2D eigenvalue weighted by atomic mass is 10.2. The summed E-state index contributed by atoms with van der Waals surface area (Å²) in [6, 6.07) is 7.94. The van der Waals surface area contributed by atoms with Crippen molar-refractivity contribution in [3.05, 3.63) is 42.4 Å². The van der Waals surface area contributed by atoms with Gasteiger partial charge in [0.25, 0.3) is 0 Å². The Hall–Kier alpha value is -2.43. The molecule has 18 heavy (non-hydrogen) atoms. The molecule has 0 saturated heterocycles. The summed E-state index contributed by atoms with van der Waals surface area (Å²) in [7, 11) is 1.82. The van der Waals surface area contributed by atoms with Gasteiger partial charge in [-0.15, -0.1) is 0 Å². The topological polar surface area (TPSA) is 55.1 Å². The standard InChI is InChI=1S/C13H13N5/c1-9-8-10(17-13(14-2)16-9)11-4-3-5-12-15-6-7-18(11)12/h3-8H,1-2H3,(H,14,16,17). The van der Waals surface area contributed by atoms with Crippen molar-refractivity contribution < 1.29 is 0 Å². The molecule has 0 aliphatic rings. The quantitative estimate of drug-likeness (QED) is 0.744. The molecule has 0 aromatic carbocycles. The number of rotatable bonds is 2. The number of pyridine rings is 1. The van der Waals surface area contributed by atoms with Gasteiger partial charge >= 0.3 is 0 Å². The van der Waals surface area contributed by atoms with Crippen LogP contribution >= 0.6 is 0 Å². The van der Waals surface area contributed by atoms with Gasteiger partial charge in [-0.1, -0.05) is 6.07 Å². The van der Waals surface area contributed by atoms with E-state index in [1.165, 1.54) is 0 Å². The number of fused-ring (bicyclic) bond motifs is 1. The van der Waals surface area contributed by atoms with E-state index in [1.807, 2.05) is 48.8 Å². The molecular weight excluding hydrogens is 226 g/mol. The minimum absolute atomic E-state index is 0.627. The van der Waals surface area contributed by atoms with Gasteiger partial charge in [0.05, 0.1) is 11.4 Å². The van der Waals surface area contributed by atoms with Crippen molar-refractivity contribution in [1.29, 1.82) is 0 Å². The van der Waals surface area contributed by atoms with Crippen LogP contribution in [0.2, 0.25) is 0 Å². The van der Waals surface area contributed by atoms with Crippen LogP contribution in [0.3, 0.4) is 0 Å². The number of imidazole rings is 1. The first-order valence-electron chi connectivity index (χ1n) is 5.74. The summed E-state index contributed by atoms with van der Waals surface area (Å²) >= 11 is 0. The minimum atomic E-state index is 0.627. The Morgan fingerprint density at radius 1 is 1.22 bits per heavy atom. The van der Waals surface area contributed by atoms with Gasteiger partial charge in [-0.05, 0) is 25.1 Å². The van der Waals surface area contributed by atoms with Gasteiger partial charge in [0.15, 0.2) is 0 Å². The molecule has 5 heteroatoms. The van der Waals surface area contributed by atoms with Crippen molar-refractivity contribution in [1.82, 2.24) is 19.4 Å². The average Bonchev–Trinajstić information content (AvgIpc) is 2.85. The van der Waals surface area contributed by atoms with Gasteiger partial charge in [-0.25, -0.2) is 15.0 Å². The van der Waals surface area contributed by atoms with E-state index in [1.54, 1.807) is 6.20 Å². The lowest BCUT2D eigenvalue weighted by Crippen LogP contribution is -2.01. The van der Waals surface area contributed by atoms with E-state index < -0.39 is 0 Å². The first kappa shape index (κ1) is 10.7. The molecule has 1 N–H and O–H groups in total. The van der Waals surface area contributed by atoms with Gasteiger partial charge in [0, 0.05) is 25.1 Å². The number of nitrogens with one attached hydrogen (secondary N) is 1. The van der Waals surface area contributed by atoms with E-state index in [4.69, 9.17) is 0 Å². The summed E-state index contributed by atoms with van der Waals surface area (Å²) in [4.78, 5) is 13.1. The Morgan fingerprint density at radius 3 is 2.94 bits per heavy atom. The Bertz CT molecular complexity index is 701. The molecule has 5 nitrogen and oxygen atoms in total. The maximum atomic E-state index is 4.48. The Balaban J connectivity index is 2.25. The number of anilines is 1. The molecule has 0 spiro atoms. The third-order valence-electron chi connectivity index (χ3n) is 2.77. The smallest absolute Gasteiger partial charge is 0.223 e. The molecule has 3 aromatic rings. The van der Waals surface area contributed by atoms with Crippen molar-refractivity contribution >= 4 is 11.6 Å². The summed E-state index contributed by atoms with van der Waals surface area (Å²) in [5, 5.41) is 2.97. The lowest BCUT2D eigenvalue weighted by molar-refractivity contribution is 1.08. The van der Waals surface area contributed by atoms with Crippen LogP contribution in [0.25, 0.3) is 17.0 Å². The first-order chi connectivity index (χ1) is 8.78. The fraction of sp³-hybridized carbons (Fsp3) is 0.154. The highest BCUT2D eigenvalue weighted by atomic mass is 15.1. The summed E-state index contributed by atoms with van der Waals surface area (Å²) in [6.07, 6.45) is 3.72. The monoisotopic (exact) mass is 239 g/mol. The van der Waals surface area contributed by atoms with Crippen molar-refractivity contribution in [3.8, 4) is 11.4 Å². The van der Waals surface area contributed by atoms with Crippen LogP contribution in [0, 0.1) is 6.92 Å². The highest BCUT2D eigenvalue weighted by molar-refractivity contribution is 5.61. The zero-order chi connectivity index (χ0) is 12.5. The molecule has 0 atom stereocenters. The second kappa shape index (κ2) is 4.10. The van der Waals surface area contributed by atoms with Gasteiger partial charge in [0.1, 0.15) is 5.65 Å². The summed E-state index contributed by atoms with van der Waals surface area (Å²) in [5.74, 6) is 0.627. The van der Waals surface area contributed by atoms with Crippen molar-refractivity contribution in [3.63, 3.8) is 0 Å². The minimum Gasteiger partial charge on any atom is -0.357 e. The van der Waals surface area contributed by atoms with Crippen molar-refractivity contribution in [2.24, 2.45) is 0 Å². The van der Waals surface area contributed by atoms with Crippen LogP contribution in [0.4, 0.5) is 5.95 Å². The fourth-order valence-electron chi connectivity index (χ4n) is 1.97. The second-order valence-corrected chi connectivity index (χ2v) is 4.03. The molecule has 0 saturated carbocycles. The maximum Gasteiger partial charge on any atom is 0.223 e. The Morgan fingerprint density at radius 2 is 2.11 bits per heavy atom. The number of aryl methyl sites for hydroxylation is 1. The van der Waals surface area contributed by atoms with Gasteiger partial charge in [-0.2, -0.15) is 0 Å². The van der Waals surface area contributed by atoms with E-state index in [2.05, 4.69) is 20.3 Å². The first-order valence-corrected chi connectivity index (χ1v) is 5.74. The van der Waals surface area contributed by atoms with E-state index in [0.717, 1.165) is 22.7 Å². The largest absolute Gasteiger partial charge is 0.357 e. The molecule has 90 valence electrons. The van der Waals surface area contributed by atoms with Gasteiger partial charge < -0.3 is 5.32 Å². The molecule has 3 rings (SSSR count). The Kier molecular flexibility index (Phi) is 2.44. The molecule has 3 heterocycles. The summed E-state index contributed by atoms with van der Waals surface area (Å²) < 4.78 is 2.02. The third kappa shape index (κ3) is 1.69. The number of aromatic nitrogens is 4. The van der Waals surface area contributed by atoms with Crippen LogP contribution in [-0.2, 0) is 0 Å². The highest BCUT2D eigenvalue weighted by Crippen LogP contribution is 2.20. The number of hydrogen-bond acceptors (Lipinski definition) is 4. The Labute approximate surface area is 105 Å². The number of nitrogens with zero attached hydrogens (tertiary/aromatic N) is 4. The van der Waals surface area contributed by atoms with E-state index in [-0.39, 0.29) is 0 Å². The van der Waals surface area contributed by atoms with Gasteiger partial charge in [-0.3, -0.25) is 4.40 Å². The molecule has 0 bridgehead atoms. The molecule has 0 aliphatic carbocycles. The molecule has 0 radical (unpaired) electrons. The zero-order valence-electron chi connectivity index (χ0n) is 10.3. The average molecular weight is 239 g/mol.